The largest absolute Gasteiger partial charge is 0.326 e. The molecular weight excluding hydrogens is 253 g/mol. The molecule has 2 N–H and O–H groups in total. The third-order valence-corrected chi connectivity index (χ3v) is 3.43. The minimum Gasteiger partial charge on any atom is -0.326 e. The highest BCUT2D eigenvalue weighted by Crippen LogP contribution is 2.20. The van der Waals surface area contributed by atoms with Gasteiger partial charge in [0.15, 0.2) is 0 Å². The summed E-state index contributed by atoms with van der Waals surface area (Å²) >= 11 is 6.08. The fraction of sp³-hybridized carbons (Fsp3) is 0.308. The standard InChI is InChI=1S/C13H15ClFN3/c1-8-13(14)9(2)18(17-8)7-11-3-10(6-16)4-12(15)5-11/h3-5H,6-7,16H2,1-2H3. The minimum absolute atomic E-state index is 0.277. The van der Waals surface area contributed by atoms with Crippen LogP contribution in [0.3, 0.4) is 0 Å². The Morgan fingerprint density at radius 2 is 1.94 bits per heavy atom. The Morgan fingerprint density at radius 1 is 1.28 bits per heavy atom. The highest BCUT2D eigenvalue weighted by atomic mass is 35.5. The fourth-order valence-corrected chi connectivity index (χ4v) is 2.06. The summed E-state index contributed by atoms with van der Waals surface area (Å²) in [7, 11) is 0. The van der Waals surface area contributed by atoms with Crippen molar-refractivity contribution in [2.24, 2.45) is 5.73 Å². The number of hydrogen-bond donors (Lipinski definition) is 1. The summed E-state index contributed by atoms with van der Waals surface area (Å²) in [6, 6.07) is 4.81. The van der Waals surface area contributed by atoms with Crippen LogP contribution in [0, 0.1) is 19.7 Å². The zero-order valence-corrected chi connectivity index (χ0v) is 11.1. The molecule has 2 rings (SSSR count). The summed E-state index contributed by atoms with van der Waals surface area (Å²) in [6.07, 6.45) is 0. The van der Waals surface area contributed by atoms with Crippen LogP contribution in [0.15, 0.2) is 18.2 Å². The van der Waals surface area contributed by atoms with Gasteiger partial charge in [0.05, 0.1) is 23.0 Å². The monoisotopic (exact) mass is 267 g/mol. The van der Waals surface area contributed by atoms with Crippen LogP contribution in [-0.2, 0) is 13.1 Å². The Balaban J connectivity index is 2.33. The molecule has 1 heterocycles. The van der Waals surface area contributed by atoms with Crippen LogP contribution < -0.4 is 5.73 Å². The average molecular weight is 268 g/mol. The van der Waals surface area contributed by atoms with Gasteiger partial charge in [0.1, 0.15) is 5.82 Å². The molecule has 1 aromatic carbocycles. The van der Waals surface area contributed by atoms with E-state index >= 15 is 0 Å². The maximum absolute atomic E-state index is 13.4. The van der Waals surface area contributed by atoms with E-state index in [1.165, 1.54) is 12.1 Å². The Bertz CT molecular complexity index is 578. The van der Waals surface area contributed by atoms with Gasteiger partial charge in [0.25, 0.3) is 0 Å². The van der Waals surface area contributed by atoms with Crippen LogP contribution in [0.2, 0.25) is 5.02 Å². The van der Waals surface area contributed by atoms with E-state index in [1.807, 2.05) is 19.9 Å². The lowest BCUT2D eigenvalue weighted by Gasteiger charge is -2.07. The number of nitrogens with two attached hydrogens (primary N) is 1. The molecule has 18 heavy (non-hydrogen) atoms. The molecule has 0 bridgehead atoms. The number of halogens is 2. The van der Waals surface area contributed by atoms with Gasteiger partial charge < -0.3 is 5.73 Å². The predicted octanol–water partition coefficient (Wildman–Crippen LogP) is 2.80. The lowest BCUT2D eigenvalue weighted by atomic mass is 10.1. The molecule has 0 unspecified atom stereocenters. The van der Waals surface area contributed by atoms with Crippen molar-refractivity contribution in [3.05, 3.63) is 51.6 Å². The molecule has 0 atom stereocenters. The van der Waals surface area contributed by atoms with Crippen molar-refractivity contribution in [3.8, 4) is 0 Å². The highest BCUT2D eigenvalue weighted by Gasteiger charge is 2.10. The summed E-state index contributed by atoms with van der Waals surface area (Å²) in [4.78, 5) is 0. The zero-order chi connectivity index (χ0) is 13.3. The van der Waals surface area contributed by atoms with Gasteiger partial charge in [-0.1, -0.05) is 17.7 Å². The maximum Gasteiger partial charge on any atom is 0.123 e. The quantitative estimate of drug-likeness (QED) is 0.929. The van der Waals surface area contributed by atoms with Gasteiger partial charge >= 0.3 is 0 Å². The van der Waals surface area contributed by atoms with Crippen LogP contribution in [0.25, 0.3) is 0 Å². The topological polar surface area (TPSA) is 43.8 Å². The van der Waals surface area contributed by atoms with Gasteiger partial charge in [-0.15, -0.1) is 0 Å². The summed E-state index contributed by atoms with van der Waals surface area (Å²) in [6.45, 7) is 4.56. The van der Waals surface area contributed by atoms with Gasteiger partial charge in [-0.3, -0.25) is 4.68 Å². The SMILES string of the molecule is Cc1nn(Cc2cc(F)cc(CN)c2)c(C)c1Cl. The second-order valence-corrected chi connectivity index (χ2v) is 4.69. The molecule has 96 valence electrons. The number of nitrogens with zero attached hydrogens (tertiary/aromatic N) is 2. The molecule has 0 fully saturated rings. The number of aromatic nitrogens is 2. The summed E-state index contributed by atoms with van der Waals surface area (Å²) in [5.41, 5.74) is 8.80. The molecule has 0 aliphatic rings. The maximum atomic E-state index is 13.4. The molecule has 5 heteroatoms. The number of aryl methyl sites for hydroxylation is 1. The van der Waals surface area contributed by atoms with Crippen molar-refractivity contribution in [1.82, 2.24) is 9.78 Å². The van der Waals surface area contributed by atoms with E-state index in [-0.39, 0.29) is 5.82 Å². The molecule has 1 aromatic heterocycles. The van der Waals surface area contributed by atoms with Crippen LogP contribution in [0.4, 0.5) is 4.39 Å². The van der Waals surface area contributed by atoms with E-state index in [4.69, 9.17) is 17.3 Å². The molecule has 0 saturated heterocycles. The molecule has 0 amide bonds. The Labute approximate surface area is 110 Å². The van der Waals surface area contributed by atoms with Crippen LogP contribution in [0.1, 0.15) is 22.5 Å². The Kier molecular flexibility index (Phi) is 3.68. The minimum atomic E-state index is -0.277. The lowest BCUT2D eigenvalue weighted by Crippen LogP contribution is -2.06. The number of benzene rings is 1. The van der Waals surface area contributed by atoms with Crippen LogP contribution in [0.5, 0.6) is 0 Å². The zero-order valence-electron chi connectivity index (χ0n) is 10.4. The number of hydrogen-bond acceptors (Lipinski definition) is 2. The van der Waals surface area contributed by atoms with E-state index in [0.717, 1.165) is 22.5 Å². The van der Waals surface area contributed by atoms with Gasteiger partial charge in [-0.2, -0.15) is 5.10 Å². The third kappa shape index (κ3) is 2.54. The smallest absolute Gasteiger partial charge is 0.123 e. The van der Waals surface area contributed by atoms with E-state index in [0.29, 0.717) is 18.1 Å². The molecular formula is C13H15ClFN3. The Hall–Kier alpha value is -1.39. The van der Waals surface area contributed by atoms with Crippen LogP contribution in [-0.4, -0.2) is 9.78 Å². The van der Waals surface area contributed by atoms with E-state index < -0.39 is 0 Å². The van der Waals surface area contributed by atoms with Crippen molar-refractivity contribution < 1.29 is 4.39 Å². The first-order valence-corrected chi connectivity index (χ1v) is 6.07. The van der Waals surface area contributed by atoms with Crippen LogP contribution >= 0.6 is 11.6 Å². The molecule has 2 aromatic rings. The molecule has 0 spiro atoms. The molecule has 0 saturated carbocycles. The normalized spacial score (nSPS) is 10.9. The molecule has 0 radical (unpaired) electrons. The van der Waals surface area contributed by atoms with E-state index in [2.05, 4.69) is 5.10 Å². The third-order valence-electron chi connectivity index (χ3n) is 2.88. The molecule has 0 aliphatic carbocycles. The average Bonchev–Trinajstić information content (AvgIpc) is 2.56. The first-order valence-electron chi connectivity index (χ1n) is 5.69. The second kappa shape index (κ2) is 5.08. The van der Waals surface area contributed by atoms with Gasteiger partial charge in [-0.25, -0.2) is 4.39 Å². The summed E-state index contributed by atoms with van der Waals surface area (Å²) < 4.78 is 15.2. The lowest BCUT2D eigenvalue weighted by molar-refractivity contribution is 0.613. The molecule has 3 nitrogen and oxygen atoms in total. The van der Waals surface area contributed by atoms with Gasteiger partial charge in [-0.05, 0) is 37.1 Å². The van der Waals surface area contributed by atoms with Crippen molar-refractivity contribution in [2.45, 2.75) is 26.9 Å². The number of rotatable bonds is 3. The van der Waals surface area contributed by atoms with Crippen molar-refractivity contribution in [3.63, 3.8) is 0 Å². The summed E-state index contributed by atoms with van der Waals surface area (Å²) in [5.74, 6) is -0.277. The molecule has 0 aliphatic heterocycles. The van der Waals surface area contributed by atoms with Crippen molar-refractivity contribution in [2.75, 3.05) is 0 Å². The van der Waals surface area contributed by atoms with Gasteiger partial charge in [0, 0.05) is 6.54 Å². The van der Waals surface area contributed by atoms with E-state index in [1.54, 1.807) is 4.68 Å². The van der Waals surface area contributed by atoms with E-state index in [9.17, 15) is 4.39 Å². The highest BCUT2D eigenvalue weighted by molar-refractivity contribution is 6.31. The predicted molar refractivity (Wildman–Crippen MR) is 70.1 cm³/mol. The fourth-order valence-electron chi connectivity index (χ4n) is 1.93. The summed E-state index contributed by atoms with van der Waals surface area (Å²) in [5, 5.41) is 4.98. The van der Waals surface area contributed by atoms with Gasteiger partial charge in [0.2, 0.25) is 0 Å². The first-order chi connectivity index (χ1) is 8.51. The second-order valence-electron chi connectivity index (χ2n) is 4.31. The van der Waals surface area contributed by atoms with Crippen molar-refractivity contribution >= 4 is 11.6 Å². The first kappa shape index (κ1) is 13.1. The Morgan fingerprint density at radius 3 is 2.50 bits per heavy atom. The van der Waals surface area contributed by atoms with Crippen molar-refractivity contribution in [1.29, 1.82) is 0 Å².